The summed E-state index contributed by atoms with van der Waals surface area (Å²) in [5, 5.41) is 8.98. The van der Waals surface area contributed by atoms with Crippen LogP contribution < -0.4 is 0 Å². The summed E-state index contributed by atoms with van der Waals surface area (Å²) in [5.74, 6) is -1.03. The van der Waals surface area contributed by atoms with E-state index < -0.39 is 5.97 Å². The highest BCUT2D eigenvalue weighted by molar-refractivity contribution is 7.15. The van der Waals surface area contributed by atoms with Crippen LogP contribution in [0.25, 0.3) is 0 Å². The number of carbonyl (C=O) groups excluding carboxylic acids is 1. The van der Waals surface area contributed by atoms with Crippen LogP contribution in [-0.4, -0.2) is 34.5 Å². The summed E-state index contributed by atoms with van der Waals surface area (Å²) < 4.78 is 0. The van der Waals surface area contributed by atoms with Gasteiger partial charge in [0, 0.05) is 12.6 Å². The van der Waals surface area contributed by atoms with Gasteiger partial charge in [0.15, 0.2) is 0 Å². The van der Waals surface area contributed by atoms with Crippen LogP contribution in [0.1, 0.15) is 37.7 Å². The summed E-state index contributed by atoms with van der Waals surface area (Å²) in [6.45, 7) is 0.747. The van der Waals surface area contributed by atoms with E-state index in [0.717, 1.165) is 37.1 Å². The average Bonchev–Trinajstić information content (AvgIpc) is 3.17. The van der Waals surface area contributed by atoms with Gasteiger partial charge in [0.25, 0.3) is 5.91 Å². The fraction of sp³-hybridized carbons (Fsp3) is 0.294. The number of thiophene rings is 1. The number of carbonyl (C=O) groups is 2. The largest absolute Gasteiger partial charge is 0.477 e. The molecule has 1 aromatic heterocycles. The molecule has 0 spiro atoms. The minimum absolute atomic E-state index is 0.0454. The lowest BCUT2D eigenvalue weighted by atomic mass is 10.0. The molecule has 2 heterocycles. The fourth-order valence-corrected chi connectivity index (χ4v) is 3.71. The van der Waals surface area contributed by atoms with E-state index in [-0.39, 0.29) is 16.8 Å². The maximum Gasteiger partial charge on any atom is 0.345 e. The van der Waals surface area contributed by atoms with Crippen molar-refractivity contribution < 1.29 is 14.7 Å². The summed E-state index contributed by atoms with van der Waals surface area (Å²) in [5.41, 5.74) is 1.23. The van der Waals surface area contributed by atoms with Crippen molar-refractivity contribution in [3.05, 3.63) is 57.8 Å². The second kappa shape index (κ2) is 6.32. The molecule has 0 bridgehead atoms. The zero-order chi connectivity index (χ0) is 15.5. The van der Waals surface area contributed by atoms with Crippen LogP contribution in [0.2, 0.25) is 0 Å². The highest BCUT2D eigenvalue weighted by Crippen LogP contribution is 2.26. The van der Waals surface area contributed by atoms with Crippen molar-refractivity contribution in [3.63, 3.8) is 0 Å². The molecule has 1 aliphatic rings. The third-order valence-corrected chi connectivity index (χ3v) is 5.04. The van der Waals surface area contributed by atoms with Crippen LogP contribution in [0.5, 0.6) is 0 Å². The Kier molecular flexibility index (Phi) is 4.24. The Morgan fingerprint density at radius 2 is 1.86 bits per heavy atom. The number of hydrogen-bond donors (Lipinski definition) is 1. The monoisotopic (exact) mass is 315 g/mol. The van der Waals surface area contributed by atoms with Crippen molar-refractivity contribution >= 4 is 23.2 Å². The number of benzene rings is 1. The molecule has 114 valence electrons. The SMILES string of the molecule is O=C(O)c1ccc(C(=O)N2CCCC2Cc2ccccc2)s1. The maximum atomic E-state index is 12.6. The highest BCUT2D eigenvalue weighted by Gasteiger charge is 2.30. The van der Waals surface area contributed by atoms with Gasteiger partial charge >= 0.3 is 5.97 Å². The summed E-state index contributed by atoms with van der Waals surface area (Å²) in [7, 11) is 0. The van der Waals surface area contributed by atoms with Gasteiger partial charge in [0.05, 0.1) is 4.88 Å². The van der Waals surface area contributed by atoms with Gasteiger partial charge in [0.1, 0.15) is 4.88 Å². The van der Waals surface area contributed by atoms with E-state index in [1.54, 1.807) is 6.07 Å². The van der Waals surface area contributed by atoms with Crippen LogP contribution in [0.4, 0.5) is 0 Å². The highest BCUT2D eigenvalue weighted by atomic mass is 32.1. The lowest BCUT2D eigenvalue weighted by Gasteiger charge is -2.24. The molecular formula is C17H17NO3S. The molecule has 1 saturated heterocycles. The predicted octanol–water partition coefficient (Wildman–Crippen LogP) is 3.29. The molecule has 1 aliphatic heterocycles. The van der Waals surface area contributed by atoms with E-state index in [1.165, 1.54) is 11.6 Å². The zero-order valence-corrected chi connectivity index (χ0v) is 12.9. The first kappa shape index (κ1) is 14.8. The minimum Gasteiger partial charge on any atom is -0.477 e. The number of carboxylic acids is 1. The first-order valence-corrected chi connectivity index (χ1v) is 8.15. The Hall–Kier alpha value is -2.14. The van der Waals surface area contributed by atoms with Crippen LogP contribution in [0.15, 0.2) is 42.5 Å². The van der Waals surface area contributed by atoms with Crippen molar-refractivity contribution in [1.29, 1.82) is 0 Å². The van der Waals surface area contributed by atoms with E-state index in [2.05, 4.69) is 12.1 Å². The quantitative estimate of drug-likeness (QED) is 0.942. The van der Waals surface area contributed by atoms with Crippen LogP contribution in [0.3, 0.4) is 0 Å². The molecule has 1 N–H and O–H groups in total. The zero-order valence-electron chi connectivity index (χ0n) is 12.1. The Labute approximate surface area is 133 Å². The van der Waals surface area contributed by atoms with E-state index >= 15 is 0 Å². The smallest absolute Gasteiger partial charge is 0.345 e. The van der Waals surface area contributed by atoms with Gasteiger partial charge in [-0.3, -0.25) is 4.79 Å². The summed E-state index contributed by atoms with van der Waals surface area (Å²) in [6.07, 6.45) is 2.85. The molecular weight excluding hydrogens is 298 g/mol. The lowest BCUT2D eigenvalue weighted by Crippen LogP contribution is -2.36. The van der Waals surface area contributed by atoms with Gasteiger partial charge in [0.2, 0.25) is 0 Å². The molecule has 1 atom stereocenters. The van der Waals surface area contributed by atoms with Gasteiger partial charge < -0.3 is 10.0 Å². The molecule has 5 heteroatoms. The molecule has 1 amide bonds. The number of carboxylic acid groups (broad SMARTS) is 1. The summed E-state index contributed by atoms with van der Waals surface area (Å²) >= 11 is 1.05. The van der Waals surface area contributed by atoms with E-state index in [4.69, 9.17) is 5.11 Å². The maximum absolute atomic E-state index is 12.6. The first-order valence-electron chi connectivity index (χ1n) is 7.33. The molecule has 0 radical (unpaired) electrons. The van der Waals surface area contributed by atoms with Crippen molar-refractivity contribution in [2.45, 2.75) is 25.3 Å². The number of hydrogen-bond acceptors (Lipinski definition) is 3. The fourth-order valence-electron chi connectivity index (χ4n) is 2.91. The Balaban J connectivity index is 1.74. The number of nitrogens with zero attached hydrogens (tertiary/aromatic N) is 1. The molecule has 3 rings (SSSR count). The second-order valence-corrected chi connectivity index (χ2v) is 6.54. The van der Waals surface area contributed by atoms with Gasteiger partial charge in [-0.1, -0.05) is 30.3 Å². The van der Waals surface area contributed by atoms with Gasteiger partial charge in [-0.15, -0.1) is 11.3 Å². The number of rotatable bonds is 4. The molecule has 1 unspecified atom stereocenters. The van der Waals surface area contributed by atoms with Crippen molar-refractivity contribution in [3.8, 4) is 0 Å². The molecule has 0 saturated carbocycles. The molecule has 2 aromatic rings. The van der Waals surface area contributed by atoms with Crippen LogP contribution >= 0.6 is 11.3 Å². The van der Waals surface area contributed by atoms with Gasteiger partial charge in [-0.2, -0.15) is 0 Å². The van der Waals surface area contributed by atoms with Crippen LogP contribution in [-0.2, 0) is 6.42 Å². The van der Waals surface area contributed by atoms with Gasteiger partial charge in [-0.25, -0.2) is 4.79 Å². The normalized spacial score (nSPS) is 17.6. The molecule has 1 aromatic carbocycles. The molecule has 22 heavy (non-hydrogen) atoms. The van der Waals surface area contributed by atoms with Gasteiger partial charge in [-0.05, 0) is 37.0 Å². The van der Waals surface area contributed by atoms with Crippen LogP contribution in [0, 0.1) is 0 Å². The van der Waals surface area contributed by atoms with E-state index in [0.29, 0.717) is 4.88 Å². The number of amides is 1. The number of likely N-dealkylation sites (tertiary alicyclic amines) is 1. The Bertz CT molecular complexity index is 680. The summed E-state index contributed by atoms with van der Waals surface area (Å²) in [6, 6.07) is 13.5. The molecule has 0 aliphatic carbocycles. The topological polar surface area (TPSA) is 57.6 Å². The predicted molar refractivity (Wildman–Crippen MR) is 85.5 cm³/mol. The van der Waals surface area contributed by atoms with E-state index in [1.807, 2.05) is 23.1 Å². The van der Waals surface area contributed by atoms with Crippen molar-refractivity contribution in [1.82, 2.24) is 4.90 Å². The lowest BCUT2D eigenvalue weighted by molar-refractivity contribution is 0.0700. The van der Waals surface area contributed by atoms with E-state index in [9.17, 15) is 9.59 Å². The minimum atomic E-state index is -0.980. The Morgan fingerprint density at radius 1 is 1.14 bits per heavy atom. The molecule has 1 fully saturated rings. The summed E-state index contributed by atoms with van der Waals surface area (Å²) in [4.78, 5) is 26.2. The van der Waals surface area contributed by atoms with Crippen molar-refractivity contribution in [2.75, 3.05) is 6.54 Å². The number of aromatic carboxylic acids is 1. The molecule has 4 nitrogen and oxygen atoms in total. The third kappa shape index (κ3) is 3.04. The standard InChI is InChI=1S/C17H17NO3S/c19-16(14-8-9-15(22-14)17(20)21)18-10-4-7-13(18)11-12-5-2-1-3-6-12/h1-3,5-6,8-9,13H,4,7,10-11H2,(H,20,21). The second-order valence-electron chi connectivity index (χ2n) is 5.45. The average molecular weight is 315 g/mol. The Morgan fingerprint density at radius 3 is 2.55 bits per heavy atom. The van der Waals surface area contributed by atoms with Crippen molar-refractivity contribution in [2.24, 2.45) is 0 Å². The first-order chi connectivity index (χ1) is 10.6. The third-order valence-electron chi connectivity index (χ3n) is 3.98.